The van der Waals surface area contributed by atoms with E-state index in [2.05, 4.69) is 0 Å². The molecular weight excluding hydrogens is 129 g/mol. The van der Waals surface area contributed by atoms with E-state index in [9.17, 15) is 4.39 Å². The number of benzene rings is 1. The van der Waals surface area contributed by atoms with E-state index in [1.54, 1.807) is 13.0 Å². The van der Waals surface area contributed by atoms with Gasteiger partial charge in [-0.05, 0) is 30.2 Å². The van der Waals surface area contributed by atoms with Crippen LogP contribution in [0.4, 0.5) is 4.39 Å². The van der Waals surface area contributed by atoms with Crippen molar-refractivity contribution in [3.05, 3.63) is 35.1 Å². The molecule has 0 fully saturated rings. The highest BCUT2D eigenvalue weighted by molar-refractivity contribution is 5.77. The van der Waals surface area contributed by atoms with Crippen molar-refractivity contribution < 1.29 is 4.39 Å². The Kier molecular flexibility index (Phi) is 1.81. The summed E-state index contributed by atoms with van der Waals surface area (Å²) in [5.41, 5.74) is 1.45. The van der Waals surface area contributed by atoms with Gasteiger partial charge in [-0.1, -0.05) is 6.07 Å². The molecule has 1 aromatic rings. The van der Waals surface area contributed by atoms with Gasteiger partial charge in [0, 0.05) is 6.21 Å². The molecule has 0 aliphatic carbocycles. The second-order valence-corrected chi connectivity index (χ2v) is 2.21. The van der Waals surface area contributed by atoms with E-state index < -0.39 is 0 Å². The summed E-state index contributed by atoms with van der Waals surface area (Å²) >= 11 is 0. The van der Waals surface area contributed by atoms with Crippen LogP contribution >= 0.6 is 0 Å². The minimum absolute atomic E-state index is 0.279. The number of aryl methyl sites for hydroxylation is 1. The summed E-state index contributed by atoms with van der Waals surface area (Å²) in [6.07, 6.45) is 1.14. The first-order valence-corrected chi connectivity index (χ1v) is 3.00. The van der Waals surface area contributed by atoms with Gasteiger partial charge in [0.1, 0.15) is 5.82 Å². The zero-order chi connectivity index (χ0) is 7.56. The molecule has 0 saturated heterocycles. The fourth-order valence-corrected chi connectivity index (χ4v) is 0.848. The van der Waals surface area contributed by atoms with Crippen LogP contribution in [0.1, 0.15) is 11.1 Å². The third kappa shape index (κ3) is 1.41. The van der Waals surface area contributed by atoms with E-state index in [-0.39, 0.29) is 5.82 Å². The molecule has 1 aromatic carbocycles. The van der Waals surface area contributed by atoms with Crippen molar-refractivity contribution in [3.8, 4) is 0 Å². The number of hydrogen-bond acceptors (Lipinski definition) is 1. The van der Waals surface area contributed by atoms with Crippen LogP contribution < -0.4 is 0 Å². The smallest absolute Gasteiger partial charge is 0.124 e. The molecule has 0 unspecified atom stereocenters. The van der Waals surface area contributed by atoms with Crippen molar-refractivity contribution in [2.75, 3.05) is 0 Å². The molecule has 0 radical (unpaired) electrons. The molecule has 0 saturated carbocycles. The monoisotopic (exact) mass is 137 g/mol. The summed E-state index contributed by atoms with van der Waals surface area (Å²) in [6.45, 7) is 1.80. The molecule has 10 heavy (non-hydrogen) atoms. The lowest BCUT2D eigenvalue weighted by Crippen LogP contribution is -1.84. The highest BCUT2D eigenvalue weighted by Crippen LogP contribution is 2.05. The van der Waals surface area contributed by atoms with E-state index in [4.69, 9.17) is 5.41 Å². The van der Waals surface area contributed by atoms with E-state index in [0.717, 1.165) is 11.8 Å². The number of halogens is 1. The van der Waals surface area contributed by atoms with Crippen LogP contribution in [-0.4, -0.2) is 6.21 Å². The van der Waals surface area contributed by atoms with Crippen molar-refractivity contribution in [1.82, 2.24) is 0 Å². The van der Waals surface area contributed by atoms with Gasteiger partial charge in [-0.25, -0.2) is 4.39 Å². The summed E-state index contributed by atoms with van der Waals surface area (Å²) in [4.78, 5) is 0. The molecule has 1 rings (SSSR count). The maximum atomic E-state index is 12.5. The highest BCUT2D eigenvalue weighted by Gasteiger charge is 1.93. The summed E-state index contributed by atoms with van der Waals surface area (Å²) in [5, 5.41) is 6.85. The molecule has 0 bridgehead atoms. The van der Waals surface area contributed by atoms with Gasteiger partial charge in [-0.2, -0.15) is 0 Å². The molecule has 1 nitrogen and oxygen atoms in total. The Hall–Kier alpha value is -1.18. The molecule has 0 amide bonds. The number of nitrogens with one attached hydrogen (secondary N) is 1. The van der Waals surface area contributed by atoms with Gasteiger partial charge in [-0.15, -0.1) is 0 Å². The lowest BCUT2D eigenvalue weighted by atomic mass is 10.1. The summed E-state index contributed by atoms with van der Waals surface area (Å²) < 4.78 is 12.5. The number of hydrogen-bond donors (Lipinski definition) is 1. The Labute approximate surface area is 59.0 Å². The summed E-state index contributed by atoms with van der Waals surface area (Å²) in [5.74, 6) is -0.279. The lowest BCUT2D eigenvalue weighted by molar-refractivity contribution is 0.626. The maximum absolute atomic E-state index is 12.5. The quantitative estimate of drug-likeness (QED) is 0.573. The average Bonchev–Trinajstić information content (AvgIpc) is 1.85. The van der Waals surface area contributed by atoms with Crippen molar-refractivity contribution in [2.24, 2.45) is 0 Å². The Morgan fingerprint density at radius 3 is 2.60 bits per heavy atom. The fourth-order valence-electron chi connectivity index (χ4n) is 0.848. The third-order valence-corrected chi connectivity index (χ3v) is 1.23. The molecule has 0 spiro atoms. The molecule has 0 heterocycles. The molecule has 0 atom stereocenters. The van der Waals surface area contributed by atoms with Crippen LogP contribution in [0.15, 0.2) is 18.2 Å². The van der Waals surface area contributed by atoms with Gasteiger partial charge in [-0.3, -0.25) is 0 Å². The predicted octanol–water partition coefficient (Wildman–Crippen LogP) is 2.13. The third-order valence-electron chi connectivity index (χ3n) is 1.23. The summed E-state index contributed by atoms with van der Waals surface area (Å²) in [7, 11) is 0. The minimum Gasteiger partial charge on any atom is -0.308 e. The van der Waals surface area contributed by atoms with Crippen LogP contribution in [0.25, 0.3) is 0 Å². The fraction of sp³-hybridized carbons (Fsp3) is 0.125. The Balaban J connectivity index is 3.18. The molecular formula is C8H8FN. The second-order valence-electron chi connectivity index (χ2n) is 2.21. The zero-order valence-corrected chi connectivity index (χ0v) is 5.69. The summed E-state index contributed by atoms with van der Waals surface area (Å²) in [6, 6.07) is 4.53. The predicted molar refractivity (Wildman–Crippen MR) is 39.0 cm³/mol. The highest BCUT2D eigenvalue weighted by atomic mass is 19.1. The van der Waals surface area contributed by atoms with Gasteiger partial charge in [0.2, 0.25) is 0 Å². The first-order chi connectivity index (χ1) is 4.72. The van der Waals surface area contributed by atoms with Crippen molar-refractivity contribution in [2.45, 2.75) is 6.92 Å². The van der Waals surface area contributed by atoms with Crippen molar-refractivity contribution >= 4 is 6.21 Å². The van der Waals surface area contributed by atoms with E-state index in [0.29, 0.717) is 5.56 Å². The largest absolute Gasteiger partial charge is 0.308 e. The standard InChI is InChI=1S/C8H8FN/c1-6-2-7(5-10)4-8(9)3-6/h2-5,10H,1H3. The number of rotatable bonds is 1. The zero-order valence-electron chi connectivity index (χ0n) is 5.69. The topological polar surface area (TPSA) is 23.9 Å². The van der Waals surface area contributed by atoms with Gasteiger partial charge >= 0.3 is 0 Å². The maximum Gasteiger partial charge on any atom is 0.124 e. The molecule has 0 aromatic heterocycles. The Bertz CT molecular complexity index is 235. The van der Waals surface area contributed by atoms with Gasteiger partial charge in [0.25, 0.3) is 0 Å². The van der Waals surface area contributed by atoms with E-state index >= 15 is 0 Å². The van der Waals surface area contributed by atoms with Crippen LogP contribution in [0.5, 0.6) is 0 Å². The van der Waals surface area contributed by atoms with Gasteiger partial charge in [0.15, 0.2) is 0 Å². The van der Waals surface area contributed by atoms with Crippen molar-refractivity contribution in [3.63, 3.8) is 0 Å². The first-order valence-electron chi connectivity index (χ1n) is 3.00. The molecule has 1 N–H and O–H groups in total. The van der Waals surface area contributed by atoms with Crippen LogP contribution in [0, 0.1) is 18.2 Å². The first kappa shape index (κ1) is 6.93. The van der Waals surface area contributed by atoms with Crippen molar-refractivity contribution in [1.29, 1.82) is 5.41 Å². The van der Waals surface area contributed by atoms with E-state index in [1.807, 2.05) is 0 Å². The second kappa shape index (κ2) is 2.60. The Morgan fingerprint density at radius 2 is 2.10 bits per heavy atom. The van der Waals surface area contributed by atoms with E-state index in [1.165, 1.54) is 12.1 Å². The van der Waals surface area contributed by atoms with Crippen LogP contribution in [0.3, 0.4) is 0 Å². The van der Waals surface area contributed by atoms with Gasteiger partial charge < -0.3 is 5.41 Å². The SMILES string of the molecule is Cc1cc(F)cc(C=N)c1. The average molecular weight is 137 g/mol. The lowest BCUT2D eigenvalue weighted by Gasteiger charge is -1.94. The Morgan fingerprint density at radius 1 is 1.40 bits per heavy atom. The molecule has 0 aliphatic heterocycles. The molecule has 2 heteroatoms. The minimum atomic E-state index is -0.279. The molecule has 0 aliphatic rings. The van der Waals surface area contributed by atoms with Crippen LogP contribution in [-0.2, 0) is 0 Å². The van der Waals surface area contributed by atoms with Crippen LogP contribution in [0.2, 0.25) is 0 Å². The van der Waals surface area contributed by atoms with Gasteiger partial charge in [0.05, 0.1) is 0 Å². The normalized spacial score (nSPS) is 9.40. The molecule has 52 valence electrons.